The monoisotopic (exact) mass is 227 g/mol. The Kier molecular flexibility index (Phi) is 5.59. The maximum Gasteiger partial charge on any atom is 0.411 e. The summed E-state index contributed by atoms with van der Waals surface area (Å²) in [5.41, 5.74) is -0.102. The zero-order valence-electron chi connectivity index (χ0n) is 9.74. The molecule has 0 rings (SSSR count). The molecule has 0 heterocycles. The topological polar surface area (TPSA) is 21.3 Å². The van der Waals surface area contributed by atoms with E-state index in [9.17, 15) is 13.2 Å². The van der Waals surface area contributed by atoms with Gasteiger partial charge in [0.1, 0.15) is 6.61 Å². The van der Waals surface area contributed by atoms with Gasteiger partial charge in [-0.2, -0.15) is 13.2 Å². The average molecular weight is 227 g/mol. The van der Waals surface area contributed by atoms with Crippen LogP contribution in [0.25, 0.3) is 0 Å². The largest absolute Gasteiger partial charge is 0.411 e. The molecule has 0 aliphatic rings. The number of rotatable bonds is 5. The number of halogens is 3. The Balaban J connectivity index is 3.84. The molecule has 0 bridgehead atoms. The van der Waals surface area contributed by atoms with E-state index in [0.717, 1.165) is 0 Å². The first-order valence-electron chi connectivity index (χ1n) is 5.07. The molecular formula is C10H20F3NO. The van der Waals surface area contributed by atoms with E-state index in [2.05, 4.69) is 5.32 Å². The molecule has 1 N–H and O–H groups in total. The average Bonchev–Trinajstić information content (AvgIpc) is 2.00. The minimum Gasteiger partial charge on any atom is -0.367 e. The van der Waals surface area contributed by atoms with Gasteiger partial charge < -0.3 is 10.1 Å². The first-order valence-corrected chi connectivity index (χ1v) is 5.07. The van der Waals surface area contributed by atoms with E-state index in [-0.39, 0.29) is 11.6 Å². The predicted molar refractivity (Wildman–Crippen MR) is 53.8 cm³/mol. The molecule has 0 aromatic carbocycles. The predicted octanol–water partition coefficient (Wildman–Crippen LogP) is 2.73. The zero-order chi connectivity index (χ0) is 12.1. The second-order valence-corrected chi connectivity index (χ2v) is 4.59. The molecule has 1 unspecified atom stereocenters. The second-order valence-electron chi connectivity index (χ2n) is 4.59. The van der Waals surface area contributed by atoms with E-state index in [4.69, 9.17) is 4.74 Å². The molecule has 0 amide bonds. The summed E-state index contributed by atoms with van der Waals surface area (Å²) in [5, 5.41) is 3.12. The third-order valence-electron chi connectivity index (χ3n) is 1.80. The van der Waals surface area contributed by atoms with Crippen LogP contribution in [0.3, 0.4) is 0 Å². The van der Waals surface area contributed by atoms with Gasteiger partial charge in [-0.1, -0.05) is 6.92 Å². The number of ether oxygens (including phenoxy) is 1. The summed E-state index contributed by atoms with van der Waals surface area (Å²) < 4.78 is 40.4. The van der Waals surface area contributed by atoms with Gasteiger partial charge in [0.25, 0.3) is 0 Å². The maximum atomic E-state index is 11.9. The molecule has 5 heteroatoms. The van der Waals surface area contributed by atoms with E-state index in [1.54, 1.807) is 0 Å². The lowest BCUT2D eigenvalue weighted by atomic mass is 10.1. The van der Waals surface area contributed by atoms with Crippen molar-refractivity contribution in [1.82, 2.24) is 5.32 Å². The van der Waals surface area contributed by atoms with Crippen LogP contribution in [0.2, 0.25) is 0 Å². The van der Waals surface area contributed by atoms with Gasteiger partial charge in [-0.05, 0) is 27.2 Å². The number of hydrogen-bond acceptors (Lipinski definition) is 2. The van der Waals surface area contributed by atoms with Crippen molar-refractivity contribution in [2.75, 3.05) is 13.2 Å². The molecule has 0 saturated carbocycles. The lowest BCUT2D eigenvalue weighted by Crippen LogP contribution is -2.42. The quantitative estimate of drug-likeness (QED) is 0.779. The Morgan fingerprint density at radius 3 is 2.07 bits per heavy atom. The highest BCUT2D eigenvalue weighted by atomic mass is 19.4. The van der Waals surface area contributed by atoms with E-state index >= 15 is 0 Å². The highest BCUT2D eigenvalue weighted by molar-refractivity contribution is 4.73. The highest BCUT2D eigenvalue weighted by Gasteiger charge is 2.29. The van der Waals surface area contributed by atoms with Crippen LogP contribution in [0.4, 0.5) is 13.2 Å². The van der Waals surface area contributed by atoms with Crippen LogP contribution >= 0.6 is 0 Å². The molecule has 1 atom stereocenters. The van der Waals surface area contributed by atoms with Crippen molar-refractivity contribution < 1.29 is 17.9 Å². The lowest BCUT2D eigenvalue weighted by molar-refractivity contribution is -0.185. The van der Waals surface area contributed by atoms with Crippen LogP contribution in [-0.4, -0.2) is 31.0 Å². The Labute approximate surface area is 89.2 Å². The normalized spacial score (nSPS) is 15.4. The van der Waals surface area contributed by atoms with Crippen LogP contribution in [0.5, 0.6) is 0 Å². The molecule has 92 valence electrons. The van der Waals surface area contributed by atoms with Crippen molar-refractivity contribution in [3.63, 3.8) is 0 Å². The standard InChI is InChI=1S/C10H20F3NO/c1-5-8(6-14-9(2,3)4)15-7-10(11,12)13/h8,14H,5-7H2,1-4H3. The summed E-state index contributed by atoms with van der Waals surface area (Å²) in [6.07, 6.45) is -4.06. The number of alkyl halides is 3. The Morgan fingerprint density at radius 2 is 1.73 bits per heavy atom. The minimum absolute atomic E-state index is 0.102. The van der Waals surface area contributed by atoms with Crippen molar-refractivity contribution in [2.24, 2.45) is 0 Å². The van der Waals surface area contributed by atoms with E-state index in [1.165, 1.54) is 0 Å². The third-order valence-corrected chi connectivity index (χ3v) is 1.80. The van der Waals surface area contributed by atoms with Gasteiger partial charge in [-0.15, -0.1) is 0 Å². The Morgan fingerprint density at radius 1 is 1.20 bits per heavy atom. The molecule has 0 aliphatic heterocycles. The van der Waals surface area contributed by atoms with Gasteiger partial charge in [0, 0.05) is 12.1 Å². The summed E-state index contributed by atoms with van der Waals surface area (Å²) in [7, 11) is 0. The van der Waals surface area contributed by atoms with Crippen LogP contribution in [0, 0.1) is 0 Å². The van der Waals surface area contributed by atoms with Gasteiger partial charge in [0.2, 0.25) is 0 Å². The molecule has 0 aromatic heterocycles. The van der Waals surface area contributed by atoms with Crippen LogP contribution in [0.1, 0.15) is 34.1 Å². The lowest BCUT2D eigenvalue weighted by Gasteiger charge is -2.25. The minimum atomic E-state index is -4.24. The van der Waals surface area contributed by atoms with Gasteiger partial charge in [0.05, 0.1) is 6.10 Å². The van der Waals surface area contributed by atoms with Crippen molar-refractivity contribution in [1.29, 1.82) is 0 Å². The molecule has 0 aliphatic carbocycles. The summed E-state index contributed by atoms with van der Waals surface area (Å²) in [5.74, 6) is 0. The fourth-order valence-corrected chi connectivity index (χ4v) is 0.953. The molecule has 0 spiro atoms. The van der Waals surface area contributed by atoms with Crippen LogP contribution < -0.4 is 5.32 Å². The number of nitrogens with one attached hydrogen (secondary N) is 1. The molecule has 15 heavy (non-hydrogen) atoms. The van der Waals surface area contributed by atoms with Crippen LogP contribution in [-0.2, 0) is 4.74 Å². The fourth-order valence-electron chi connectivity index (χ4n) is 0.953. The van der Waals surface area contributed by atoms with Crippen molar-refractivity contribution in [3.8, 4) is 0 Å². The summed E-state index contributed by atoms with van der Waals surface area (Å²) in [6, 6.07) is 0. The Bertz CT molecular complexity index is 156. The second kappa shape index (κ2) is 5.70. The smallest absolute Gasteiger partial charge is 0.367 e. The SMILES string of the molecule is CCC(CNC(C)(C)C)OCC(F)(F)F. The summed E-state index contributed by atoms with van der Waals surface area (Å²) in [4.78, 5) is 0. The van der Waals surface area contributed by atoms with Crippen LogP contribution in [0.15, 0.2) is 0 Å². The first-order chi connectivity index (χ1) is 6.64. The molecular weight excluding hydrogens is 207 g/mol. The molecule has 2 nitrogen and oxygen atoms in total. The number of hydrogen-bond donors (Lipinski definition) is 1. The van der Waals surface area contributed by atoms with Gasteiger partial charge in [-0.25, -0.2) is 0 Å². The maximum absolute atomic E-state index is 11.9. The molecule has 0 aromatic rings. The van der Waals surface area contributed by atoms with Gasteiger partial charge >= 0.3 is 6.18 Å². The van der Waals surface area contributed by atoms with Crippen molar-refractivity contribution >= 4 is 0 Å². The molecule has 0 saturated heterocycles. The Hall–Kier alpha value is -0.290. The summed E-state index contributed by atoms with van der Waals surface area (Å²) >= 11 is 0. The third kappa shape index (κ3) is 10.0. The van der Waals surface area contributed by atoms with E-state index in [1.807, 2.05) is 27.7 Å². The van der Waals surface area contributed by atoms with Crippen molar-refractivity contribution in [2.45, 2.75) is 51.9 Å². The highest BCUT2D eigenvalue weighted by Crippen LogP contribution is 2.16. The molecule has 0 fully saturated rings. The van der Waals surface area contributed by atoms with E-state index in [0.29, 0.717) is 13.0 Å². The molecule has 0 radical (unpaired) electrons. The fraction of sp³-hybridized carbons (Fsp3) is 1.00. The first kappa shape index (κ1) is 14.7. The van der Waals surface area contributed by atoms with Gasteiger partial charge in [0.15, 0.2) is 0 Å². The van der Waals surface area contributed by atoms with Crippen molar-refractivity contribution in [3.05, 3.63) is 0 Å². The zero-order valence-corrected chi connectivity index (χ0v) is 9.74. The van der Waals surface area contributed by atoms with E-state index < -0.39 is 12.8 Å². The summed E-state index contributed by atoms with van der Waals surface area (Å²) in [6.45, 7) is 6.97. The van der Waals surface area contributed by atoms with Gasteiger partial charge in [-0.3, -0.25) is 0 Å².